The molecule has 212 valence electrons. The highest BCUT2D eigenvalue weighted by Crippen LogP contribution is 2.33. The van der Waals surface area contributed by atoms with E-state index in [1.165, 1.54) is 16.8 Å². The molecule has 0 radical (unpaired) electrons. The van der Waals surface area contributed by atoms with Crippen molar-refractivity contribution in [2.75, 3.05) is 57.4 Å². The summed E-state index contributed by atoms with van der Waals surface area (Å²) in [6.07, 6.45) is 0.913. The van der Waals surface area contributed by atoms with Gasteiger partial charge in [-0.15, -0.1) is 24.8 Å². The minimum absolute atomic E-state index is 0. The summed E-state index contributed by atoms with van der Waals surface area (Å²) in [5.41, 5.74) is 6.26. The Bertz CT molecular complexity index is 1290. The maximum Gasteiger partial charge on any atom is 0.271 e. The summed E-state index contributed by atoms with van der Waals surface area (Å²) in [5, 5.41) is 3.07. The number of carbonyl (C=O) groups excluding carboxylic acids is 1. The van der Waals surface area contributed by atoms with Gasteiger partial charge in [0.15, 0.2) is 11.5 Å². The number of hydrogen-bond donors (Lipinski definition) is 1. The van der Waals surface area contributed by atoms with Crippen molar-refractivity contribution in [1.82, 2.24) is 19.8 Å². The SMILES string of the molecule is Cc1cccc(N2CCN(CCCNC(=O)c3nc(C)n(-c4ccc5c(c4)OCCO5)c3C)CC2)c1C.Cl.Cl. The number of nitrogens with one attached hydrogen (secondary N) is 1. The van der Waals surface area contributed by atoms with E-state index in [-0.39, 0.29) is 30.7 Å². The highest BCUT2D eigenvalue weighted by Gasteiger charge is 2.21. The normalized spacial score (nSPS) is 14.8. The number of anilines is 1. The lowest BCUT2D eigenvalue weighted by Gasteiger charge is -2.37. The van der Waals surface area contributed by atoms with Crippen LogP contribution in [0, 0.1) is 27.7 Å². The molecule has 10 heteroatoms. The number of piperazine rings is 1. The van der Waals surface area contributed by atoms with E-state index in [0.29, 0.717) is 25.5 Å². The molecule has 2 aromatic carbocycles. The predicted molar refractivity (Wildman–Crippen MR) is 160 cm³/mol. The average Bonchev–Trinajstić information content (AvgIpc) is 3.22. The van der Waals surface area contributed by atoms with Crippen molar-refractivity contribution >= 4 is 36.4 Å². The van der Waals surface area contributed by atoms with E-state index < -0.39 is 0 Å². The molecule has 0 spiro atoms. The topological polar surface area (TPSA) is 71.9 Å². The number of hydrogen-bond acceptors (Lipinski definition) is 6. The van der Waals surface area contributed by atoms with E-state index in [9.17, 15) is 4.79 Å². The molecule has 2 aliphatic rings. The molecular formula is C29H39Cl2N5O3. The van der Waals surface area contributed by atoms with Crippen molar-refractivity contribution in [3.8, 4) is 17.2 Å². The van der Waals surface area contributed by atoms with Crippen LogP contribution in [-0.2, 0) is 0 Å². The number of ether oxygens (including phenoxy) is 2. The summed E-state index contributed by atoms with van der Waals surface area (Å²) in [6.45, 7) is 15.1. The first-order valence-electron chi connectivity index (χ1n) is 13.2. The monoisotopic (exact) mass is 575 g/mol. The number of amides is 1. The minimum atomic E-state index is -0.128. The number of aromatic nitrogens is 2. The Morgan fingerprint density at radius 2 is 1.67 bits per heavy atom. The van der Waals surface area contributed by atoms with E-state index in [4.69, 9.17) is 9.47 Å². The standard InChI is InChI=1S/C29H37N5O3.2ClH/c1-20-7-5-8-25(21(20)2)33-15-13-32(14-16-33)12-6-11-30-29(35)28-22(3)34(23(4)31-28)24-9-10-26-27(19-24)37-18-17-36-26;;/h5,7-10,19H,6,11-18H2,1-4H3,(H,30,35);2*1H. The minimum Gasteiger partial charge on any atom is -0.486 e. The number of rotatable bonds is 7. The Labute approximate surface area is 243 Å². The molecule has 8 nitrogen and oxygen atoms in total. The van der Waals surface area contributed by atoms with Crippen LogP contribution in [0.2, 0.25) is 0 Å². The van der Waals surface area contributed by atoms with Gasteiger partial charge >= 0.3 is 0 Å². The predicted octanol–water partition coefficient (Wildman–Crippen LogP) is 4.66. The third-order valence-electron chi connectivity index (χ3n) is 7.50. The second-order valence-electron chi connectivity index (χ2n) is 9.91. The largest absolute Gasteiger partial charge is 0.486 e. The van der Waals surface area contributed by atoms with Crippen LogP contribution < -0.4 is 19.7 Å². The average molecular weight is 577 g/mol. The Kier molecular flexibility index (Phi) is 10.5. The zero-order valence-corrected chi connectivity index (χ0v) is 24.8. The summed E-state index contributed by atoms with van der Waals surface area (Å²) in [7, 11) is 0. The Morgan fingerprint density at radius 1 is 0.949 bits per heavy atom. The molecule has 1 fully saturated rings. The first-order valence-corrected chi connectivity index (χ1v) is 13.2. The van der Waals surface area contributed by atoms with Crippen molar-refractivity contribution in [2.45, 2.75) is 34.1 Å². The number of halogens is 2. The van der Waals surface area contributed by atoms with Crippen LogP contribution in [0.3, 0.4) is 0 Å². The van der Waals surface area contributed by atoms with Gasteiger partial charge in [-0.3, -0.25) is 9.69 Å². The second-order valence-corrected chi connectivity index (χ2v) is 9.91. The zero-order valence-electron chi connectivity index (χ0n) is 23.2. The molecule has 1 saturated heterocycles. The summed E-state index contributed by atoms with van der Waals surface area (Å²) in [4.78, 5) is 22.5. The molecule has 5 rings (SSSR count). The van der Waals surface area contributed by atoms with Gasteiger partial charge in [0.05, 0.1) is 11.4 Å². The smallest absolute Gasteiger partial charge is 0.271 e. The number of carbonyl (C=O) groups is 1. The summed E-state index contributed by atoms with van der Waals surface area (Å²) < 4.78 is 13.3. The fourth-order valence-electron chi connectivity index (χ4n) is 5.29. The number of aryl methyl sites for hydroxylation is 2. The summed E-state index contributed by atoms with van der Waals surface area (Å²) in [6, 6.07) is 12.4. The van der Waals surface area contributed by atoms with Gasteiger partial charge in [0.2, 0.25) is 0 Å². The number of fused-ring (bicyclic) bond motifs is 1. The van der Waals surface area contributed by atoms with Crippen molar-refractivity contribution in [2.24, 2.45) is 0 Å². The first-order chi connectivity index (χ1) is 17.9. The van der Waals surface area contributed by atoms with Gasteiger partial charge in [-0.1, -0.05) is 12.1 Å². The molecule has 0 bridgehead atoms. The first kappa shape index (κ1) is 30.6. The lowest BCUT2D eigenvalue weighted by atomic mass is 10.1. The molecule has 0 aliphatic carbocycles. The molecule has 3 aromatic rings. The van der Waals surface area contributed by atoms with Crippen LogP contribution in [0.5, 0.6) is 11.5 Å². The highest BCUT2D eigenvalue weighted by molar-refractivity contribution is 5.93. The van der Waals surface area contributed by atoms with E-state index >= 15 is 0 Å². The van der Waals surface area contributed by atoms with Crippen LogP contribution in [0.15, 0.2) is 36.4 Å². The third kappa shape index (κ3) is 6.62. The zero-order chi connectivity index (χ0) is 25.9. The second kappa shape index (κ2) is 13.4. The number of imidazole rings is 1. The molecule has 2 aliphatic heterocycles. The molecule has 3 heterocycles. The van der Waals surface area contributed by atoms with Gasteiger partial charge in [0.25, 0.3) is 5.91 Å². The fraction of sp³-hybridized carbons (Fsp3) is 0.448. The lowest BCUT2D eigenvalue weighted by molar-refractivity contribution is 0.0946. The molecule has 0 atom stereocenters. The quantitative estimate of drug-likeness (QED) is 0.413. The molecule has 0 unspecified atom stereocenters. The van der Waals surface area contributed by atoms with Crippen molar-refractivity contribution in [1.29, 1.82) is 0 Å². The molecule has 39 heavy (non-hydrogen) atoms. The number of nitrogens with zero attached hydrogens (tertiary/aromatic N) is 4. The molecular weight excluding hydrogens is 537 g/mol. The molecule has 1 amide bonds. The van der Waals surface area contributed by atoms with Gasteiger partial charge in [-0.05, 0) is 70.0 Å². The van der Waals surface area contributed by atoms with Gasteiger partial charge in [0.1, 0.15) is 24.7 Å². The third-order valence-corrected chi connectivity index (χ3v) is 7.50. The van der Waals surface area contributed by atoms with Crippen LogP contribution >= 0.6 is 24.8 Å². The van der Waals surface area contributed by atoms with Crippen molar-refractivity contribution in [3.63, 3.8) is 0 Å². The van der Waals surface area contributed by atoms with Crippen LogP contribution in [0.4, 0.5) is 5.69 Å². The molecule has 0 saturated carbocycles. The maximum absolute atomic E-state index is 13.0. The lowest BCUT2D eigenvalue weighted by Crippen LogP contribution is -2.47. The Balaban J connectivity index is 0.00000210. The molecule has 1 aromatic heterocycles. The van der Waals surface area contributed by atoms with Crippen LogP contribution in [0.1, 0.15) is 39.6 Å². The Morgan fingerprint density at radius 3 is 2.41 bits per heavy atom. The van der Waals surface area contributed by atoms with E-state index in [1.807, 2.05) is 36.6 Å². The Hall–Kier alpha value is -2.94. The van der Waals surface area contributed by atoms with Gasteiger partial charge in [-0.2, -0.15) is 0 Å². The van der Waals surface area contributed by atoms with Gasteiger partial charge < -0.3 is 24.3 Å². The van der Waals surface area contributed by atoms with Crippen molar-refractivity contribution in [3.05, 3.63) is 64.7 Å². The fourth-order valence-corrected chi connectivity index (χ4v) is 5.29. The highest BCUT2D eigenvalue weighted by atomic mass is 35.5. The van der Waals surface area contributed by atoms with Gasteiger partial charge in [-0.25, -0.2) is 4.98 Å². The van der Waals surface area contributed by atoms with E-state index in [1.54, 1.807) is 0 Å². The summed E-state index contributed by atoms with van der Waals surface area (Å²) >= 11 is 0. The maximum atomic E-state index is 13.0. The van der Waals surface area contributed by atoms with Crippen LogP contribution in [0.25, 0.3) is 5.69 Å². The molecule has 1 N–H and O–H groups in total. The van der Waals surface area contributed by atoms with Gasteiger partial charge in [0, 0.05) is 44.5 Å². The summed E-state index contributed by atoms with van der Waals surface area (Å²) in [5.74, 6) is 2.10. The van der Waals surface area contributed by atoms with E-state index in [2.05, 4.69) is 52.1 Å². The number of benzene rings is 2. The van der Waals surface area contributed by atoms with E-state index in [0.717, 1.165) is 67.8 Å². The van der Waals surface area contributed by atoms with Crippen molar-refractivity contribution < 1.29 is 14.3 Å². The van der Waals surface area contributed by atoms with Crippen LogP contribution in [-0.4, -0.2) is 72.8 Å².